The van der Waals surface area contributed by atoms with Crippen LogP contribution in [-0.2, 0) is 19.2 Å². The van der Waals surface area contributed by atoms with E-state index >= 15 is 0 Å². The number of methoxy groups -OCH3 is 1. The second-order valence-corrected chi connectivity index (χ2v) is 5.68. The van der Waals surface area contributed by atoms with Crippen molar-refractivity contribution < 1.29 is 23.6 Å². The summed E-state index contributed by atoms with van der Waals surface area (Å²) < 4.78 is 5.19. The summed E-state index contributed by atoms with van der Waals surface area (Å²) in [5, 5.41) is 8.70. The molecule has 0 spiro atoms. The third-order valence-corrected chi connectivity index (χ3v) is 3.70. The molecule has 0 atom stereocenters. The zero-order chi connectivity index (χ0) is 14.8. The van der Waals surface area contributed by atoms with Gasteiger partial charge in [0.2, 0.25) is 0 Å². The van der Waals surface area contributed by atoms with Crippen LogP contribution in [-0.4, -0.2) is 60.7 Å². The van der Waals surface area contributed by atoms with Crippen LogP contribution in [0.4, 0.5) is 0 Å². The second kappa shape index (κ2) is 5.26. The number of likely N-dealkylation sites (N-methyl/N-ethyl adjacent to an activating group) is 1. The summed E-state index contributed by atoms with van der Waals surface area (Å²) in [6.07, 6.45) is 0.280. The number of amides is 2. The van der Waals surface area contributed by atoms with E-state index in [1.165, 1.54) is 0 Å². The quantitative estimate of drug-likeness (QED) is 0.350. The minimum absolute atomic E-state index is 0.0535. The van der Waals surface area contributed by atoms with Crippen molar-refractivity contribution in [2.24, 2.45) is 0 Å². The fourth-order valence-corrected chi connectivity index (χ4v) is 1.64. The van der Waals surface area contributed by atoms with Crippen LogP contribution in [0.2, 0.25) is 0 Å². The van der Waals surface area contributed by atoms with Crippen molar-refractivity contribution in [1.29, 1.82) is 5.41 Å². The Morgan fingerprint density at radius 3 is 2.21 bits per heavy atom. The summed E-state index contributed by atoms with van der Waals surface area (Å²) >= 11 is 0. The van der Waals surface area contributed by atoms with Gasteiger partial charge in [-0.3, -0.25) is 14.4 Å². The zero-order valence-electron chi connectivity index (χ0n) is 12.1. The molecule has 7 nitrogen and oxygen atoms in total. The van der Waals surface area contributed by atoms with Gasteiger partial charge in [-0.2, -0.15) is 0 Å². The van der Waals surface area contributed by atoms with E-state index in [-0.39, 0.29) is 23.3 Å². The Morgan fingerprint density at radius 1 is 1.32 bits per heavy atom. The molecule has 1 aliphatic rings. The number of carbonyl (C=O) groups is 2. The monoisotopic (exact) mass is 272 g/mol. The third-order valence-electron chi connectivity index (χ3n) is 3.70. The van der Waals surface area contributed by atoms with E-state index in [0.29, 0.717) is 11.7 Å². The van der Waals surface area contributed by atoms with Gasteiger partial charge in [0.05, 0.1) is 14.1 Å². The Morgan fingerprint density at radius 2 is 1.79 bits per heavy atom. The van der Waals surface area contributed by atoms with Gasteiger partial charge in [0.25, 0.3) is 11.8 Å². The molecule has 1 aliphatic heterocycles. The number of rotatable bonds is 4. The molecule has 1 heterocycles. The Hall–Kier alpha value is -1.47. The minimum atomic E-state index is -0.433. The maximum absolute atomic E-state index is 11.5. The molecule has 1 N–H and O–H groups in total. The lowest BCUT2D eigenvalue weighted by molar-refractivity contribution is -0.865. The Bertz CT molecular complexity index is 388. The van der Waals surface area contributed by atoms with Crippen LogP contribution >= 0.6 is 0 Å². The summed E-state index contributed by atoms with van der Waals surface area (Å²) in [4.78, 5) is 28.1. The molecule has 19 heavy (non-hydrogen) atoms. The summed E-state index contributed by atoms with van der Waals surface area (Å²) in [5.41, 5.74) is -0.433. The highest BCUT2D eigenvalue weighted by atomic mass is 16.7. The second-order valence-electron chi connectivity index (χ2n) is 5.68. The van der Waals surface area contributed by atoms with Crippen LogP contribution in [0.25, 0.3) is 0 Å². The highest BCUT2D eigenvalue weighted by Crippen LogP contribution is 2.23. The van der Waals surface area contributed by atoms with Crippen molar-refractivity contribution in [3.05, 3.63) is 0 Å². The van der Waals surface area contributed by atoms with Gasteiger partial charge in [0.1, 0.15) is 12.1 Å². The standard InChI is InChI=1S/C12H22N3O4/c1-12(2,8-18-5)15(3,4)11(13)19-14-9(16)6-7-10(14)17/h13H,6-8H2,1-5H3/q+1. The SMILES string of the molecule is COCC(C)(C)[N+](C)(C)C(=N)ON1C(=O)CCC1=O. The average Bonchev–Trinajstić information content (AvgIpc) is 2.60. The van der Waals surface area contributed by atoms with Crippen LogP contribution in [0.15, 0.2) is 0 Å². The predicted octanol–water partition coefficient (Wildman–Crippen LogP) is 0.503. The van der Waals surface area contributed by atoms with Crippen molar-refractivity contribution in [1.82, 2.24) is 5.06 Å². The van der Waals surface area contributed by atoms with Gasteiger partial charge < -0.3 is 4.74 Å². The Balaban J connectivity index is 2.82. The van der Waals surface area contributed by atoms with Crippen LogP contribution in [0, 0.1) is 5.41 Å². The summed E-state index contributed by atoms with van der Waals surface area (Å²) in [7, 11) is 5.12. The topological polar surface area (TPSA) is 79.7 Å². The van der Waals surface area contributed by atoms with Crippen molar-refractivity contribution in [3.63, 3.8) is 0 Å². The minimum Gasteiger partial charge on any atom is -0.378 e. The predicted molar refractivity (Wildman–Crippen MR) is 68.0 cm³/mol. The number of hydrogen-bond donors (Lipinski definition) is 1. The first-order valence-corrected chi connectivity index (χ1v) is 6.09. The van der Waals surface area contributed by atoms with Crippen molar-refractivity contribution >= 4 is 17.8 Å². The van der Waals surface area contributed by atoms with Gasteiger partial charge in [-0.1, -0.05) is 5.06 Å². The highest BCUT2D eigenvalue weighted by Gasteiger charge is 2.45. The molecule has 7 heteroatoms. The number of quaternary nitrogens is 1. The first kappa shape index (κ1) is 15.6. The first-order valence-electron chi connectivity index (χ1n) is 6.09. The smallest absolute Gasteiger partial charge is 0.378 e. The molecular formula is C12H22N3O4+. The zero-order valence-corrected chi connectivity index (χ0v) is 12.1. The van der Waals surface area contributed by atoms with Gasteiger partial charge in [0.15, 0.2) is 0 Å². The molecule has 0 aromatic heterocycles. The fraction of sp³-hybridized carbons (Fsp3) is 0.750. The number of hydroxylamine groups is 2. The maximum Gasteiger partial charge on any atom is 0.416 e. The first-order chi connectivity index (χ1) is 8.63. The highest BCUT2D eigenvalue weighted by molar-refractivity contribution is 6.01. The number of hydrogen-bond acceptors (Lipinski definition) is 5. The van der Waals surface area contributed by atoms with Crippen molar-refractivity contribution in [3.8, 4) is 0 Å². The number of ether oxygens (including phenoxy) is 1. The largest absolute Gasteiger partial charge is 0.416 e. The molecule has 0 aromatic rings. The number of imide groups is 1. The molecular weight excluding hydrogens is 250 g/mol. The van der Waals surface area contributed by atoms with Gasteiger partial charge in [-0.05, 0) is 13.8 Å². The lowest BCUT2D eigenvalue weighted by Crippen LogP contribution is -2.63. The molecule has 1 rings (SSSR count). The normalized spacial score (nSPS) is 17.0. The van der Waals surface area contributed by atoms with Gasteiger partial charge in [-0.25, -0.2) is 9.89 Å². The molecule has 2 amide bonds. The maximum atomic E-state index is 11.5. The fourth-order valence-electron chi connectivity index (χ4n) is 1.64. The molecule has 1 saturated heterocycles. The molecule has 108 valence electrons. The van der Waals surface area contributed by atoms with Gasteiger partial charge in [-0.15, -0.1) is 0 Å². The van der Waals surface area contributed by atoms with E-state index in [1.54, 1.807) is 21.2 Å². The molecule has 0 saturated carbocycles. The Labute approximate surface area is 113 Å². The molecule has 0 unspecified atom stereocenters. The summed E-state index contributed by atoms with van der Waals surface area (Å²) in [6, 6.07) is -0.175. The van der Waals surface area contributed by atoms with E-state index in [0.717, 1.165) is 0 Å². The molecule has 0 aliphatic carbocycles. The summed E-state index contributed by atoms with van der Waals surface area (Å²) in [5.74, 6) is -0.807. The van der Waals surface area contributed by atoms with Crippen LogP contribution in [0.3, 0.4) is 0 Å². The molecule has 0 radical (unpaired) electrons. The molecule has 1 fully saturated rings. The van der Waals surface area contributed by atoms with Crippen LogP contribution < -0.4 is 0 Å². The van der Waals surface area contributed by atoms with E-state index < -0.39 is 17.4 Å². The third kappa shape index (κ3) is 2.93. The van der Waals surface area contributed by atoms with E-state index in [2.05, 4.69) is 0 Å². The van der Waals surface area contributed by atoms with Crippen LogP contribution in [0.1, 0.15) is 26.7 Å². The van der Waals surface area contributed by atoms with Gasteiger partial charge in [0, 0.05) is 20.0 Å². The average molecular weight is 272 g/mol. The van der Waals surface area contributed by atoms with E-state index in [4.69, 9.17) is 15.0 Å². The number of nitrogens with zero attached hydrogens (tertiary/aromatic N) is 2. The lowest BCUT2D eigenvalue weighted by Gasteiger charge is -2.41. The Kier molecular flexibility index (Phi) is 4.32. The van der Waals surface area contributed by atoms with Crippen LogP contribution in [0.5, 0.6) is 0 Å². The van der Waals surface area contributed by atoms with Gasteiger partial charge >= 0.3 is 6.02 Å². The van der Waals surface area contributed by atoms with E-state index in [1.807, 2.05) is 13.8 Å². The number of carbonyl (C=O) groups excluding carboxylic acids is 2. The molecule has 0 aromatic carbocycles. The van der Waals surface area contributed by atoms with Crippen molar-refractivity contribution in [2.75, 3.05) is 27.8 Å². The van der Waals surface area contributed by atoms with E-state index in [9.17, 15) is 9.59 Å². The number of amidine groups is 1. The summed E-state index contributed by atoms with van der Waals surface area (Å²) in [6.45, 7) is 4.25. The lowest BCUT2D eigenvalue weighted by atomic mass is 10.0. The molecule has 0 bridgehead atoms. The van der Waals surface area contributed by atoms with Crippen molar-refractivity contribution in [2.45, 2.75) is 32.2 Å². The number of nitrogens with one attached hydrogen (secondary N) is 1.